The normalized spacial score (nSPS) is 28.4. The van der Waals surface area contributed by atoms with Gasteiger partial charge in [0.2, 0.25) is 0 Å². The summed E-state index contributed by atoms with van der Waals surface area (Å²) in [6.07, 6.45) is 5.63. The van der Waals surface area contributed by atoms with Gasteiger partial charge < -0.3 is 25.0 Å². The predicted molar refractivity (Wildman–Crippen MR) is 105 cm³/mol. The van der Waals surface area contributed by atoms with Crippen LogP contribution in [0.4, 0.5) is 17.5 Å². The lowest BCUT2D eigenvalue weighted by Gasteiger charge is -2.34. The Kier molecular flexibility index (Phi) is 3.70. The molecule has 0 amide bonds. The molecule has 2 aromatic rings. The van der Waals surface area contributed by atoms with Gasteiger partial charge in [0.15, 0.2) is 5.82 Å². The SMILES string of the molecule is Nc1ccc(-c2nc(N3CC4CCC(C3)O4)c3c(n2)N2CCOC[C@@H]2C3)cn1. The summed E-state index contributed by atoms with van der Waals surface area (Å²) < 4.78 is 11.8. The van der Waals surface area contributed by atoms with E-state index in [1.165, 1.54) is 5.56 Å². The Morgan fingerprint density at radius 1 is 1.07 bits per heavy atom. The number of aromatic nitrogens is 3. The van der Waals surface area contributed by atoms with Gasteiger partial charge in [-0.25, -0.2) is 15.0 Å². The van der Waals surface area contributed by atoms with Crippen LogP contribution in [-0.2, 0) is 15.9 Å². The number of nitrogens with two attached hydrogens (primary N) is 1. The maximum Gasteiger partial charge on any atom is 0.165 e. The highest BCUT2D eigenvalue weighted by Gasteiger charge is 2.40. The minimum absolute atomic E-state index is 0.318. The third-order valence-electron chi connectivity index (χ3n) is 6.29. The molecule has 6 rings (SSSR count). The molecule has 28 heavy (non-hydrogen) atoms. The Bertz CT molecular complexity index is 892. The van der Waals surface area contributed by atoms with Crippen molar-refractivity contribution in [2.45, 2.75) is 37.5 Å². The van der Waals surface area contributed by atoms with Crippen LogP contribution in [0.2, 0.25) is 0 Å². The van der Waals surface area contributed by atoms with E-state index in [1.807, 2.05) is 6.07 Å². The third kappa shape index (κ3) is 2.62. The van der Waals surface area contributed by atoms with Gasteiger partial charge in [-0.05, 0) is 25.0 Å². The minimum atomic E-state index is 0.318. The van der Waals surface area contributed by atoms with E-state index in [0.29, 0.717) is 29.9 Å². The largest absolute Gasteiger partial charge is 0.384 e. The molecule has 6 heterocycles. The van der Waals surface area contributed by atoms with Crippen molar-refractivity contribution in [2.24, 2.45) is 0 Å². The number of hydrogen-bond acceptors (Lipinski definition) is 8. The van der Waals surface area contributed by atoms with Crippen molar-refractivity contribution in [3.8, 4) is 11.4 Å². The quantitative estimate of drug-likeness (QED) is 0.833. The summed E-state index contributed by atoms with van der Waals surface area (Å²) in [6, 6.07) is 4.11. The highest BCUT2D eigenvalue weighted by atomic mass is 16.5. The standard InChI is InChI=1S/C20H24N6O2/c21-17-4-1-12(8-22-17)18-23-19(25-9-14-2-3-15(10-25)28-14)16-7-13-11-27-6-5-26(13)20(16)24-18/h1,4,8,13-15H,2-3,5-7,9-11H2,(H2,21,22)/t13-,14?,15?/m0/s1. The average Bonchev–Trinajstić information content (AvgIpc) is 3.27. The van der Waals surface area contributed by atoms with Crippen molar-refractivity contribution in [1.29, 1.82) is 0 Å². The molecule has 2 N–H and O–H groups in total. The van der Waals surface area contributed by atoms with Gasteiger partial charge in [-0.3, -0.25) is 0 Å². The van der Waals surface area contributed by atoms with Crippen LogP contribution in [0.25, 0.3) is 11.4 Å². The molecule has 0 saturated carbocycles. The molecule has 3 fully saturated rings. The van der Waals surface area contributed by atoms with Crippen LogP contribution in [0.15, 0.2) is 18.3 Å². The summed E-state index contributed by atoms with van der Waals surface area (Å²) in [5, 5.41) is 0. The van der Waals surface area contributed by atoms with E-state index in [9.17, 15) is 0 Å². The second-order valence-corrected chi connectivity index (χ2v) is 8.13. The minimum Gasteiger partial charge on any atom is -0.384 e. The highest BCUT2D eigenvalue weighted by Crippen LogP contribution is 2.40. The zero-order valence-electron chi connectivity index (χ0n) is 15.8. The van der Waals surface area contributed by atoms with E-state index in [2.05, 4.69) is 14.8 Å². The summed E-state index contributed by atoms with van der Waals surface area (Å²) in [5.74, 6) is 3.34. The van der Waals surface area contributed by atoms with Gasteiger partial charge in [-0.15, -0.1) is 0 Å². The summed E-state index contributed by atoms with van der Waals surface area (Å²) >= 11 is 0. The Morgan fingerprint density at radius 2 is 1.89 bits per heavy atom. The van der Waals surface area contributed by atoms with Gasteiger partial charge in [0.05, 0.1) is 31.5 Å². The first-order chi connectivity index (χ1) is 13.7. The molecule has 3 atom stereocenters. The van der Waals surface area contributed by atoms with E-state index in [-0.39, 0.29) is 0 Å². The van der Waals surface area contributed by atoms with E-state index in [1.54, 1.807) is 12.3 Å². The number of rotatable bonds is 2. The lowest BCUT2D eigenvalue weighted by molar-refractivity contribution is 0.0301. The number of nitrogens with zero attached hydrogens (tertiary/aromatic N) is 5. The molecule has 0 aliphatic carbocycles. The van der Waals surface area contributed by atoms with Crippen molar-refractivity contribution >= 4 is 17.5 Å². The van der Waals surface area contributed by atoms with Gasteiger partial charge in [0.25, 0.3) is 0 Å². The number of nitrogen functional groups attached to an aromatic ring is 1. The lowest BCUT2D eigenvalue weighted by Crippen LogP contribution is -2.43. The van der Waals surface area contributed by atoms with Crippen LogP contribution in [0.5, 0.6) is 0 Å². The summed E-state index contributed by atoms with van der Waals surface area (Å²) in [6.45, 7) is 4.18. The van der Waals surface area contributed by atoms with Gasteiger partial charge in [-0.1, -0.05) is 0 Å². The first-order valence-corrected chi connectivity index (χ1v) is 10.1. The van der Waals surface area contributed by atoms with E-state index in [0.717, 1.165) is 69.3 Å². The van der Waals surface area contributed by atoms with Crippen LogP contribution in [0.1, 0.15) is 18.4 Å². The fourth-order valence-corrected chi connectivity index (χ4v) is 4.94. The molecule has 3 saturated heterocycles. The Morgan fingerprint density at radius 3 is 2.68 bits per heavy atom. The van der Waals surface area contributed by atoms with Crippen molar-refractivity contribution in [1.82, 2.24) is 15.0 Å². The zero-order valence-corrected chi connectivity index (χ0v) is 15.8. The molecule has 2 unspecified atom stereocenters. The lowest BCUT2D eigenvalue weighted by atomic mass is 10.1. The molecule has 2 aromatic heterocycles. The van der Waals surface area contributed by atoms with Gasteiger partial charge in [-0.2, -0.15) is 0 Å². The van der Waals surface area contributed by atoms with Gasteiger partial charge in [0.1, 0.15) is 17.5 Å². The predicted octanol–water partition coefficient (Wildman–Crippen LogP) is 1.25. The first kappa shape index (κ1) is 16.5. The molecular formula is C20H24N6O2. The van der Waals surface area contributed by atoms with Crippen molar-refractivity contribution in [2.75, 3.05) is 48.4 Å². The maximum atomic E-state index is 6.05. The molecular weight excluding hydrogens is 356 g/mol. The second kappa shape index (κ2) is 6.28. The molecule has 0 radical (unpaired) electrons. The fourth-order valence-electron chi connectivity index (χ4n) is 4.94. The molecule has 2 bridgehead atoms. The topological polar surface area (TPSA) is 89.6 Å². The van der Waals surface area contributed by atoms with E-state index < -0.39 is 0 Å². The van der Waals surface area contributed by atoms with Crippen LogP contribution in [0, 0.1) is 0 Å². The Hall–Kier alpha value is -2.45. The van der Waals surface area contributed by atoms with Crippen LogP contribution < -0.4 is 15.5 Å². The Balaban J connectivity index is 1.46. The van der Waals surface area contributed by atoms with Crippen molar-refractivity contribution < 1.29 is 9.47 Å². The van der Waals surface area contributed by atoms with E-state index >= 15 is 0 Å². The fraction of sp³-hybridized carbons (Fsp3) is 0.550. The molecule has 146 valence electrons. The molecule has 4 aliphatic rings. The summed E-state index contributed by atoms with van der Waals surface area (Å²) in [5.41, 5.74) is 7.92. The summed E-state index contributed by atoms with van der Waals surface area (Å²) in [7, 11) is 0. The summed E-state index contributed by atoms with van der Waals surface area (Å²) in [4.78, 5) is 19.1. The number of ether oxygens (including phenoxy) is 2. The Labute approximate surface area is 163 Å². The van der Waals surface area contributed by atoms with Crippen LogP contribution in [0.3, 0.4) is 0 Å². The van der Waals surface area contributed by atoms with Crippen LogP contribution >= 0.6 is 0 Å². The number of anilines is 3. The second-order valence-electron chi connectivity index (χ2n) is 8.13. The molecule has 0 spiro atoms. The van der Waals surface area contributed by atoms with E-state index in [4.69, 9.17) is 25.2 Å². The first-order valence-electron chi connectivity index (χ1n) is 10.1. The maximum absolute atomic E-state index is 6.05. The monoisotopic (exact) mass is 380 g/mol. The molecule has 4 aliphatic heterocycles. The molecule has 8 heteroatoms. The average molecular weight is 380 g/mol. The zero-order chi connectivity index (χ0) is 18.7. The molecule has 0 aromatic carbocycles. The van der Waals surface area contributed by atoms with Crippen LogP contribution in [-0.4, -0.2) is 66.0 Å². The number of pyridine rings is 1. The number of fused-ring (bicyclic) bond motifs is 5. The number of morpholine rings is 2. The molecule has 8 nitrogen and oxygen atoms in total. The van der Waals surface area contributed by atoms with Gasteiger partial charge >= 0.3 is 0 Å². The van der Waals surface area contributed by atoms with Gasteiger partial charge in [0, 0.05) is 43.4 Å². The van der Waals surface area contributed by atoms with Crippen molar-refractivity contribution in [3.05, 3.63) is 23.9 Å². The third-order valence-corrected chi connectivity index (χ3v) is 6.29. The smallest absolute Gasteiger partial charge is 0.165 e. The van der Waals surface area contributed by atoms with Crippen molar-refractivity contribution in [3.63, 3.8) is 0 Å². The number of hydrogen-bond donors (Lipinski definition) is 1. The highest BCUT2D eigenvalue weighted by molar-refractivity contribution is 5.70.